The molecule has 20 heavy (non-hydrogen) atoms. The van der Waals surface area contributed by atoms with Gasteiger partial charge in [0.25, 0.3) is 0 Å². The molecule has 1 atom stereocenters. The molecule has 0 spiro atoms. The zero-order valence-corrected chi connectivity index (χ0v) is 12.0. The first-order chi connectivity index (χ1) is 9.93. The van der Waals surface area contributed by atoms with E-state index in [9.17, 15) is 0 Å². The van der Waals surface area contributed by atoms with E-state index in [0.717, 1.165) is 0 Å². The lowest BCUT2D eigenvalue weighted by Gasteiger charge is -2.29. The summed E-state index contributed by atoms with van der Waals surface area (Å²) in [6.45, 7) is 0. The summed E-state index contributed by atoms with van der Waals surface area (Å²) in [6.07, 6.45) is 9.17. The average molecular weight is 261 g/mol. The second-order valence-corrected chi connectivity index (χ2v) is 6.26. The molecule has 0 aromatic heterocycles. The summed E-state index contributed by atoms with van der Waals surface area (Å²) in [5.41, 5.74) is 7.99. The van der Waals surface area contributed by atoms with Gasteiger partial charge in [-0.15, -0.1) is 0 Å². The van der Waals surface area contributed by atoms with Crippen LogP contribution in [-0.4, -0.2) is 0 Å². The minimum Gasteiger partial charge on any atom is -0.0617 e. The van der Waals surface area contributed by atoms with Crippen molar-refractivity contribution in [3.63, 3.8) is 0 Å². The zero-order chi connectivity index (χ0) is 13.4. The Kier molecular flexibility index (Phi) is 3.10. The fraction of sp³-hybridized carbons (Fsp3) is 0.400. The van der Waals surface area contributed by atoms with Crippen molar-refractivity contribution in [3.8, 4) is 0 Å². The lowest BCUT2D eigenvalue weighted by atomic mass is 9.75. The molecule has 2 aliphatic carbocycles. The van der Waals surface area contributed by atoms with Crippen LogP contribution in [0.5, 0.6) is 0 Å². The molecule has 0 bridgehead atoms. The van der Waals surface area contributed by atoms with Gasteiger partial charge in [0.2, 0.25) is 0 Å². The Morgan fingerprint density at radius 2 is 1.75 bits per heavy atom. The van der Waals surface area contributed by atoms with Gasteiger partial charge < -0.3 is 0 Å². The van der Waals surface area contributed by atoms with Crippen molar-refractivity contribution in [1.82, 2.24) is 0 Å². The van der Waals surface area contributed by atoms with Gasteiger partial charge in [0.15, 0.2) is 0 Å². The molecule has 0 heterocycles. The van der Waals surface area contributed by atoms with E-state index in [2.05, 4.69) is 42.5 Å². The highest BCUT2D eigenvalue weighted by Gasteiger charge is 2.25. The molecule has 2 aromatic carbocycles. The Bertz CT molecular complexity index is 624. The van der Waals surface area contributed by atoms with Crippen molar-refractivity contribution in [3.05, 3.63) is 70.3 Å². The van der Waals surface area contributed by atoms with E-state index >= 15 is 0 Å². The van der Waals surface area contributed by atoms with E-state index in [4.69, 9.17) is 0 Å². The third-order valence-corrected chi connectivity index (χ3v) is 5.11. The first kappa shape index (κ1) is 12.2. The van der Waals surface area contributed by atoms with Crippen molar-refractivity contribution in [2.45, 2.75) is 50.9 Å². The second kappa shape index (κ2) is 5.09. The van der Waals surface area contributed by atoms with Gasteiger partial charge in [-0.25, -0.2) is 0 Å². The van der Waals surface area contributed by atoms with E-state index in [1.165, 1.54) is 50.5 Å². The molecular formula is C20H21. The first-order valence-electron chi connectivity index (χ1n) is 8.03. The van der Waals surface area contributed by atoms with Crippen LogP contribution in [0.4, 0.5) is 0 Å². The Balaban J connectivity index is 1.83. The normalized spacial score (nSPS) is 21.1. The van der Waals surface area contributed by atoms with E-state index < -0.39 is 0 Å². The molecule has 1 unspecified atom stereocenters. The molecule has 0 saturated carbocycles. The van der Waals surface area contributed by atoms with Crippen LogP contribution in [0.1, 0.15) is 59.4 Å². The second-order valence-electron chi connectivity index (χ2n) is 6.26. The summed E-state index contributed by atoms with van der Waals surface area (Å²) in [5, 5.41) is 0. The Labute approximate surface area is 121 Å². The van der Waals surface area contributed by atoms with Crippen LogP contribution in [0.25, 0.3) is 0 Å². The number of rotatable bonds is 1. The van der Waals surface area contributed by atoms with Crippen molar-refractivity contribution < 1.29 is 0 Å². The highest BCUT2D eigenvalue weighted by molar-refractivity contribution is 5.46. The zero-order valence-electron chi connectivity index (χ0n) is 12.0. The van der Waals surface area contributed by atoms with E-state index in [-0.39, 0.29) is 0 Å². The predicted octanol–water partition coefficient (Wildman–Crippen LogP) is 4.83. The third kappa shape index (κ3) is 1.98. The van der Waals surface area contributed by atoms with Gasteiger partial charge in [0, 0.05) is 5.92 Å². The summed E-state index contributed by atoms with van der Waals surface area (Å²) in [6, 6.07) is 16.9. The van der Waals surface area contributed by atoms with Gasteiger partial charge in [0.05, 0.1) is 0 Å². The molecule has 4 rings (SSSR count). The molecule has 0 saturated heterocycles. The van der Waals surface area contributed by atoms with E-state index in [1.54, 1.807) is 22.3 Å². The van der Waals surface area contributed by atoms with Crippen molar-refractivity contribution >= 4 is 0 Å². The number of hydrogen-bond acceptors (Lipinski definition) is 0. The molecule has 2 aromatic rings. The maximum absolute atomic E-state index is 3.25. The largest absolute Gasteiger partial charge is 0.0617 e. The maximum Gasteiger partial charge on any atom is 0.00950 e. The molecular weight excluding hydrogens is 240 g/mol. The summed E-state index contributed by atoms with van der Waals surface area (Å²) in [4.78, 5) is 0. The van der Waals surface area contributed by atoms with Crippen LogP contribution in [0.2, 0.25) is 0 Å². The number of fused-ring (bicyclic) bond motifs is 2. The highest BCUT2D eigenvalue weighted by Crippen LogP contribution is 2.40. The van der Waals surface area contributed by atoms with Crippen LogP contribution < -0.4 is 0 Å². The highest BCUT2D eigenvalue weighted by atomic mass is 14.3. The topological polar surface area (TPSA) is 0 Å². The number of hydrogen-bond donors (Lipinski definition) is 0. The monoisotopic (exact) mass is 261 g/mol. The van der Waals surface area contributed by atoms with Crippen molar-refractivity contribution in [1.29, 1.82) is 0 Å². The minimum absolute atomic E-state index is 0.626. The number of aryl methyl sites for hydroxylation is 2. The summed E-state index contributed by atoms with van der Waals surface area (Å²) in [7, 11) is 0. The van der Waals surface area contributed by atoms with Gasteiger partial charge in [-0.1, -0.05) is 36.4 Å². The van der Waals surface area contributed by atoms with Gasteiger partial charge in [-0.2, -0.15) is 0 Å². The van der Waals surface area contributed by atoms with Crippen LogP contribution >= 0.6 is 0 Å². The summed E-state index contributed by atoms with van der Waals surface area (Å²) in [5.74, 6) is 0.626. The standard InChI is InChI=1S/C20H21/c1-3-11-17-15(7-1)9-5-13-19(17)20-14-6-10-16-8-2-4-12-18(16)20/h4-5,8-9,12-13,20H,1,3,6-7,10-11,14H2. The SMILES string of the molecule is [c]1ccc2c(c1)CCCC2c1cccc2c1CCCC2. The van der Waals surface area contributed by atoms with E-state index in [0.29, 0.717) is 5.92 Å². The summed E-state index contributed by atoms with van der Waals surface area (Å²) < 4.78 is 0. The van der Waals surface area contributed by atoms with Crippen LogP contribution in [-0.2, 0) is 19.3 Å². The van der Waals surface area contributed by atoms with Gasteiger partial charge in [-0.05, 0) is 78.8 Å². The molecule has 0 fully saturated rings. The minimum atomic E-state index is 0.626. The molecule has 2 aliphatic rings. The van der Waals surface area contributed by atoms with Gasteiger partial charge in [0.1, 0.15) is 0 Å². The lowest BCUT2D eigenvalue weighted by molar-refractivity contribution is 0.600. The molecule has 0 heteroatoms. The molecule has 0 aliphatic heterocycles. The fourth-order valence-corrected chi connectivity index (χ4v) is 4.15. The predicted molar refractivity (Wildman–Crippen MR) is 83.1 cm³/mol. The average Bonchev–Trinajstić information content (AvgIpc) is 2.54. The Morgan fingerprint density at radius 3 is 2.75 bits per heavy atom. The van der Waals surface area contributed by atoms with E-state index in [1.807, 2.05) is 0 Å². The third-order valence-electron chi connectivity index (χ3n) is 5.11. The molecule has 0 N–H and O–H groups in total. The molecule has 0 nitrogen and oxygen atoms in total. The van der Waals surface area contributed by atoms with Gasteiger partial charge in [-0.3, -0.25) is 0 Å². The van der Waals surface area contributed by atoms with Crippen LogP contribution in [0.15, 0.2) is 36.4 Å². The Morgan fingerprint density at radius 1 is 0.850 bits per heavy atom. The fourth-order valence-electron chi connectivity index (χ4n) is 4.15. The smallest absolute Gasteiger partial charge is 0.00950 e. The summed E-state index contributed by atoms with van der Waals surface area (Å²) >= 11 is 0. The van der Waals surface area contributed by atoms with Crippen molar-refractivity contribution in [2.24, 2.45) is 0 Å². The number of benzene rings is 2. The molecule has 0 amide bonds. The van der Waals surface area contributed by atoms with Crippen LogP contribution in [0, 0.1) is 6.07 Å². The maximum atomic E-state index is 3.25. The quantitative estimate of drug-likeness (QED) is 0.689. The van der Waals surface area contributed by atoms with Crippen molar-refractivity contribution in [2.75, 3.05) is 0 Å². The molecule has 1 radical (unpaired) electrons. The Hall–Kier alpha value is -1.56. The van der Waals surface area contributed by atoms with Crippen LogP contribution in [0.3, 0.4) is 0 Å². The lowest BCUT2D eigenvalue weighted by Crippen LogP contribution is -2.15. The first-order valence-corrected chi connectivity index (χ1v) is 8.03. The van der Waals surface area contributed by atoms with Gasteiger partial charge >= 0.3 is 0 Å². The molecule has 101 valence electrons.